The summed E-state index contributed by atoms with van der Waals surface area (Å²) in [7, 11) is 0. The average molecular weight is 336 g/mol. The van der Waals surface area contributed by atoms with Crippen molar-refractivity contribution in [2.75, 3.05) is 0 Å². The lowest BCUT2D eigenvalue weighted by atomic mass is 10.0. The SMILES string of the molecule is Cc1[nH]c2ccccc2c1CC(=O)NC(C)CC(O)c1ccccc1. The van der Waals surface area contributed by atoms with Gasteiger partial charge in [0.1, 0.15) is 0 Å². The largest absolute Gasteiger partial charge is 0.388 e. The lowest BCUT2D eigenvalue weighted by molar-refractivity contribution is -0.121. The smallest absolute Gasteiger partial charge is 0.224 e. The second-order valence-electron chi connectivity index (χ2n) is 6.58. The second kappa shape index (κ2) is 7.53. The third-order valence-electron chi connectivity index (χ3n) is 4.53. The number of para-hydroxylation sites is 1. The lowest BCUT2D eigenvalue weighted by Gasteiger charge is -2.18. The Morgan fingerprint density at radius 1 is 1.12 bits per heavy atom. The Hall–Kier alpha value is -2.59. The van der Waals surface area contributed by atoms with E-state index in [9.17, 15) is 9.90 Å². The molecule has 0 saturated heterocycles. The zero-order chi connectivity index (χ0) is 17.8. The van der Waals surface area contributed by atoms with E-state index in [0.29, 0.717) is 12.8 Å². The molecule has 3 rings (SSSR count). The van der Waals surface area contributed by atoms with Crippen molar-refractivity contribution in [1.29, 1.82) is 0 Å². The van der Waals surface area contributed by atoms with Gasteiger partial charge >= 0.3 is 0 Å². The molecule has 3 N–H and O–H groups in total. The van der Waals surface area contributed by atoms with Crippen LogP contribution >= 0.6 is 0 Å². The molecule has 1 amide bonds. The number of aliphatic hydroxyl groups excluding tert-OH is 1. The summed E-state index contributed by atoms with van der Waals surface area (Å²) < 4.78 is 0. The number of carbonyl (C=O) groups is 1. The Morgan fingerprint density at radius 2 is 1.80 bits per heavy atom. The number of benzene rings is 2. The summed E-state index contributed by atoms with van der Waals surface area (Å²) >= 11 is 0. The van der Waals surface area contributed by atoms with Crippen molar-refractivity contribution in [2.24, 2.45) is 0 Å². The van der Waals surface area contributed by atoms with Crippen molar-refractivity contribution in [3.8, 4) is 0 Å². The highest BCUT2D eigenvalue weighted by molar-refractivity contribution is 5.90. The van der Waals surface area contributed by atoms with Gasteiger partial charge in [-0.2, -0.15) is 0 Å². The number of rotatable bonds is 6. The van der Waals surface area contributed by atoms with Gasteiger partial charge in [0.2, 0.25) is 5.91 Å². The molecular formula is C21H24N2O2. The van der Waals surface area contributed by atoms with Gasteiger partial charge in [-0.15, -0.1) is 0 Å². The van der Waals surface area contributed by atoms with Crippen LogP contribution in [0.4, 0.5) is 0 Å². The third kappa shape index (κ3) is 4.09. The van der Waals surface area contributed by atoms with E-state index >= 15 is 0 Å². The summed E-state index contributed by atoms with van der Waals surface area (Å²) in [6, 6.07) is 17.4. The highest BCUT2D eigenvalue weighted by Crippen LogP contribution is 2.22. The van der Waals surface area contributed by atoms with Crippen LogP contribution in [-0.4, -0.2) is 22.0 Å². The van der Waals surface area contributed by atoms with Crippen LogP contribution in [0.2, 0.25) is 0 Å². The summed E-state index contributed by atoms with van der Waals surface area (Å²) in [4.78, 5) is 15.7. The Bertz CT molecular complexity index is 855. The van der Waals surface area contributed by atoms with Gasteiger partial charge in [0.05, 0.1) is 12.5 Å². The predicted octanol–water partition coefficient (Wildman–Crippen LogP) is 3.65. The first-order chi connectivity index (χ1) is 12.0. The molecule has 1 aromatic heterocycles. The number of nitrogens with one attached hydrogen (secondary N) is 2. The highest BCUT2D eigenvalue weighted by Gasteiger charge is 2.16. The summed E-state index contributed by atoms with van der Waals surface area (Å²) in [5.41, 5.74) is 3.98. The Morgan fingerprint density at radius 3 is 2.56 bits per heavy atom. The van der Waals surface area contributed by atoms with Crippen LogP contribution in [0.3, 0.4) is 0 Å². The third-order valence-corrected chi connectivity index (χ3v) is 4.53. The zero-order valence-corrected chi connectivity index (χ0v) is 14.6. The summed E-state index contributed by atoms with van der Waals surface area (Å²) in [5.74, 6) is -0.0272. The number of aryl methyl sites for hydroxylation is 1. The van der Waals surface area contributed by atoms with Crippen LogP contribution in [0.15, 0.2) is 54.6 Å². The van der Waals surface area contributed by atoms with Gasteiger partial charge < -0.3 is 15.4 Å². The van der Waals surface area contributed by atoms with E-state index in [4.69, 9.17) is 0 Å². The fraction of sp³-hybridized carbons (Fsp3) is 0.286. The molecule has 0 bridgehead atoms. The molecule has 2 atom stereocenters. The number of aromatic amines is 1. The number of carbonyl (C=O) groups excluding carboxylic acids is 1. The maximum absolute atomic E-state index is 12.4. The van der Waals surface area contributed by atoms with Crippen molar-refractivity contribution in [1.82, 2.24) is 10.3 Å². The molecule has 0 aliphatic rings. The Kier molecular flexibility index (Phi) is 5.19. The van der Waals surface area contributed by atoms with Gasteiger partial charge in [-0.25, -0.2) is 0 Å². The normalized spacial score (nSPS) is 13.6. The molecule has 0 saturated carbocycles. The van der Waals surface area contributed by atoms with Gasteiger partial charge in [0.25, 0.3) is 0 Å². The first-order valence-electron chi connectivity index (χ1n) is 8.63. The van der Waals surface area contributed by atoms with E-state index in [1.807, 2.05) is 68.4 Å². The number of hydrogen-bond acceptors (Lipinski definition) is 2. The van der Waals surface area contributed by atoms with E-state index in [1.165, 1.54) is 0 Å². The molecular weight excluding hydrogens is 312 g/mol. The van der Waals surface area contributed by atoms with Gasteiger partial charge in [0.15, 0.2) is 0 Å². The minimum absolute atomic E-state index is 0.0272. The summed E-state index contributed by atoms with van der Waals surface area (Å²) in [5, 5.41) is 14.4. The van der Waals surface area contributed by atoms with Crippen LogP contribution in [0, 0.1) is 6.92 Å². The zero-order valence-electron chi connectivity index (χ0n) is 14.6. The molecule has 2 aromatic carbocycles. The van der Waals surface area contributed by atoms with Crippen molar-refractivity contribution >= 4 is 16.8 Å². The molecule has 1 heterocycles. The molecule has 0 fully saturated rings. The highest BCUT2D eigenvalue weighted by atomic mass is 16.3. The summed E-state index contributed by atoms with van der Waals surface area (Å²) in [6.45, 7) is 3.91. The molecule has 0 radical (unpaired) electrons. The van der Waals surface area contributed by atoms with Crippen molar-refractivity contribution < 1.29 is 9.90 Å². The van der Waals surface area contributed by atoms with Gasteiger partial charge in [-0.3, -0.25) is 4.79 Å². The van der Waals surface area contributed by atoms with Crippen molar-refractivity contribution in [2.45, 2.75) is 38.8 Å². The minimum atomic E-state index is -0.577. The first kappa shape index (κ1) is 17.2. The van der Waals surface area contributed by atoms with Crippen LogP contribution in [0.25, 0.3) is 10.9 Å². The van der Waals surface area contributed by atoms with E-state index in [2.05, 4.69) is 10.3 Å². The average Bonchev–Trinajstić information content (AvgIpc) is 2.91. The monoisotopic (exact) mass is 336 g/mol. The molecule has 0 spiro atoms. The molecule has 4 nitrogen and oxygen atoms in total. The molecule has 0 aliphatic carbocycles. The Balaban J connectivity index is 1.61. The fourth-order valence-electron chi connectivity index (χ4n) is 3.25. The quantitative estimate of drug-likeness (QED) is 0.643. The van der Waals surface area contributed by atoms with Crippen molar-refractivity contribution in [3.63, 3.8) is 0 Å². The minimum Gasteiger partial charge on any atom is -0.388 e. The Labute approximate surface area is 147 Å². The number of fused-ring (bicyclic) bond motifs is 1. The number of amides is 1. The maximum atomic E-state index is 12.4. The van der Waals surface area contributed by atoms with Crippen LogP contribution in [0.1, 0.15) is 36.3 Å². The van der Waals surface area contributed by atoms with Gasteiger partial charge in [-0.05, 0) is 37.5 Å². The molecule has 130 valence electrons. The van der Waals surface area contributed by atoms with Crippen LogP contribution in [0.5, 0.6) is 0 Å². The molecule has 4 heteroatoms. The number of aliphatic hydroxyl groups is 1. The fourth-order valence-corrected chi connectivity index (χ4v) is 3.25. The molecule has 2 unspecified atom stereocenters. The van der Waals surface area contributed by atoms with Gasteiger partial charge in [0, 0.05) is 22.6 Å². The van der Waals surface area contributed by atoms with E-state index in [-0.39, 0.29) is 11.9 Å². The van der Waals surface area contributed by atoms with E-state index in [0.717, 1.165) is 27.7 Å². The maximum Gasteiger partial charge on any atom is 0.224 e. The molecule has 3 aromatic rings. The summed E-state index contributed by atoms with van der Waals surface area (Å²) in [6.07, 6.45) is 0.246. The molecule has 25 heavy (non-hydrogen) atoms. The second-order valence-corrected chi connectivity index (χ2v) is 6.58. The van der Waals surface area contributed by atoms with Crippen molar-refractivity contribution in [3.05, 3.63) is 71.4 Å². The number of hydrogen-bond donors (Lipinski definition) is 3. The van der Waals surface area contributed by atoms with E-state index in [1.54, 1.807) is 0 Å². The number of aromatic nitrogens is 1. The predicted molar refractivity (Wildman–Crippen MR) is 100 cm³/mol. The standard InChI is InChI=1S/C21H24N2O2/c1-14(12-20(24)16-8-4-3-5-9-16)22-21(25)13-18-15(2)23-19-11-7-6-10-17(18)19/h3-11,14,20,23-24H,12-13H2,1-2H3,(H,22,25). The topological polar surface area (TPSA) is 65.1 Å². The lowest BCUT2D eigenvalue weighted by Crippen LogP contribution is -2.34. The van der Waals surface area contributed by atoms with Gasteiger partial charge in [-0.1, -0.05) is 48.5 Å². The van der Waals surface area contributed by atoms with Crippen LogP contribution in [-0.2, 0) is 11.2 Å². The van der Waals surface area contributed by atoms with E-state index < -0.39 is 6.10 Å². The number of H-pyrrole nitrogens is 1. The first-order valence-corrected chi connectivity index (χ1v) is 8.63. The molecule has 0 aliphatic heterocycles. The van der Waals surface area contributed by atoms with Crippen LogP contribution < -0.4 is 5.32 Å².